The SMILES string of the molecule is CC[C@H]1NC(=O)N(c2ccc(F)cc2)C1=O. The molecular weight excluding hydrogens is 211 g/mol. The Kier molecular flexibility index (Phi) is 2.60. The van der Waals surface area contributed by atoms with Crippen molar-refractivity contribution in [2.45, 2.75) is 19.4 Å². The lowest BCUT2D eigenvalue weighted by Gasteiger charge is -2.12. The summed E-state index contributed by atoms with van der Waals surface area (Å²) in [5.74, 6) is -0.693. The number of anilines is 1. The van der Waals surface area contributed by atoms with Crippen LogP contribution in [0.2, 0.25) is 0 Å². The Balaban J connectivity index is 2.31. The van der Waals surface area contributed by atoms with Crippen LogP contribution in [0.15, 0.2) is 24.3 Å². The monoisotopic (exact) mass is 222 g/mol. The molecule has 0 aliphatic carbocycles. The van der Waals surface area contributed by atoms with Crippen molar-refractivity contribution >= 4 is 17.6 Å². The summed E-state index contributed by atoms with van der Waals surface area (Å²) < 4.78 is 12.7. The molecule has 1 heterocycles. The van der Waals surface area contributed by atoms with Gasteiger partial charge in [0.2, 0.25) is 0 Å². The molecule has 0 radical (unpaired) electrons. The van der Waals surface area contributed by atoms with Crippen molar-refractivity contribution in [1.29, 1.82) is 0 Å². The highest BCUT2D eigenvalue weighted by Crippen LogP contribution is 2.20. The van der Waals surface area contributed by atoms with Crippen molar-refractivity contribution in [2.24, 2.45) is 0 Å². The molecule has 1 aromatic carbocycles. The van der Waals surface area contributed by atoms with Gasteiger partial charge in [0, 0.05) is 0 Å². The molecule has 2 rings (SSSR count). The van der Waals surface area contributed by atoms with E-state index in [1.54, 1.807) is 0 Å². The molecule has 4 nitrogen and oxygen atoms in total. The Labute approximate surface area is 92.0 Å². The summed E-state index contributed by atoms with van der Waals surface area (Å²) in [5, 5.41) is 2.56. The molecule has 1 N–H and O–H groups in total. The largest absolute Gasteiger partial charge is 0.329 e. The number of benzene rings is 1. The second-order valence-electron chi connectivity index (χ2n) is 3.56. The number of imide groups is 1. The van der Waals surface area contributed by atoms with Crippen LogP contribution in [0.3, 0.4) is 0 Å². The van der Waals surface area contributed by atoms with Gasteiger partial charge in [-0.05, 0) is 30.7 Å². The zero-order valence-corrected chi connectivity index (χ0v) is 8.74. The molecule has 1 saturated heterocycles. The Bertz CT molecular complexity index is 430. The van der Waals surface area contributed by atoms with Gasteiger partial charge in [0.15, 0.2) is 0 Å². The maximum absolute atomic E-state index is 12.7. The van der Waals surface area contributed by atoms with Crippen LogP contribution >= 0.6 is 0 Å². The number of urea groups is 1. The van der Waals surface area contributed by atoms with Crippen LogP contribution in [0.4, 0.5) is 14.9 Å². The molecule has 0 unspecified atom stereocenters. The summed E-state index contributed by atoms with van der Waals surface area (Å²) in [6.07, 6.45) is 0.544. The summed E-state index contributed by atoms with van der Waals surface area (Å²) in [4.78, 5) is 24.4. The average molecular weight is 222 g/mol. The summed E-state index contributed by atoms with van der Waals surface area (Å²) in [5.41, 5.74) is 0.389. The minimum absolute atomic E-state index is 0.292. The van der Waals surface area contributed by atoms with Crippen LogP contribution in [0.25, 0.3) is 0 Å². The van der Waals surface area contributed by atoms with E-state index < -0.39 is 17.9 Å². The van der Waals surface area contributed by atoms with Crippen LogP contribution < -0.4 is 10.2 Å². The highest BCUT2D eigenvalue weighted by molar-refractivity contribution is 6.21. The Morgan fingerprint density at radius 3 is 2.44 bits per heavy atom. The fraction of sp³-hybridized carbons (Fsp3) is 0.273. The van der Waals surface area contributed by atoms with Gasteiger partial charge >= 0.3 is 6.03 Å². The Morgan fingerprint density at radius 2 is 1.94 bits per heavy atom. The lowest BCUT2D eigenvalue weighted by molar-refractivity contribution is -0.118. The van der Waals surface area contributed by atoms with E-state index >= 15 is 0 Å². The predicted octanol–water partition coefficient (Wildman–Crippen LogP) is 1.66. The van der Waals surface area contributed by atoms with E-state index in [-0.39, 0.29) is 5.91 Å². The van der Waals surface area contributed by atoms with Crippen LogP contribution in [0, 0.1) is 5.82 Å². The quantitative estimate of drug-likeness (QED) is 0.773. The standard InChI is InChI=1S/C11H11FN2O2/c1-2-9-10(15)14(11(16)13-9)8-5-3-7(12)4-6-8/h3-6,9H,2H2,1H3,(H,13,16)/t9-/m1/s1. The molecule has 0 spiro atoms. The zero-order valence-electron chi connectivity index (χ0n) is 8.74. The molecule has 1 aliphatic rings. The Hall–Kier alpha value is -1.91. The van der Waals surface area contributed by atoms with Gasteiger partial charge in [-0.3, -0.25) is 4.79 Å². The van der Waals surface area contributed by atoms with Crippen molar-refractivity contribution in [3.05, 3.63) is 30.1 Å². The topological polar surface area (TPSA) is 49.4 Å². The van der Waals surface area contributed by atoms with Gasteiger partial charge in [0.1, 0.15) is 11.9 Å². The lowest BCUT2D eigenvalue weighted by Crippen LogP contribution is -2.31. The summed E-state index contributed by atoms with van der Waals surface area (Å²) in [6.45, 7) is 1.82. The number of halogens is 1. The van der Waals surface area contributed by atoms with Crippen LogP contribution in [-0.2, 0) is 4.79 Å². The van der Waals surface area contributed by atoms with Crippen molar-refractivity contribution in [3.8, 4) is 0 Å². The van der Waals surface area contributed by atoms with Gasteiger partial charge < -0.3 is 5.32 Å². The molecule has 1 atom stereocenters. The van der Waals surface area contributed by atoms with Gasteiger partial charge in [0.05, 0.1) is 5.69 Å². The third-order valence-electron chi connectivity index (χ3n) is 2.51. The number of rotatable bonds is 2. The number of amides is 3. The van der Waals surface area contributed by atoms with E-state index in [9.17, 15) is 14.0 Å². The van der Waals surface area contributed by atoms with Crippen molar-refractivity contribution in [1.82, 2.24) is 5.32 Å². The fourth-order valence-electron chi connectivity index (χ4n) is 1.64. The van der Waals surface area contributed by atoms with Crippen LogP contribution in [0.5, 0.6) is 0 Å². The second kappa shape index (κ2) is 3.92. The van der Waals surface area contributed by atoms with E-state index in [1.165, 1.54) is 24.3 Å². The van der Waals surface area contributed by atoms with Crippen molar-refractivity contribution in [3.63, 3.8) is 0 Å². The highest BCUT2D eigenvalue weighted by Gasteiger charge is 2.37. The third-order valence-corrected chi connectivity index (χ3v) is 2.51. The Morgan fingerprint density at radius 1 is 1.31 bits per heavy atom. The molecule has 1 fully saturated rings. The fourth-order valence-corrected chi connectivity index (χ4v) is 1.64. The number of nitrogens with one attached hydrogen (secondary N) is 1. The predicted molar refractivity (Wildman–Crippen MR) is 56.5 cm³/mol. The minimum atomic E-state index is -0.474. The number of hydrogen-bond acceptors (Lipinski definition) is 2. The maximum atomic E-state index is 12.7. The number of nitrogens with zero attached hydrogens (tertiary/aromatic N) is 1. The molecule has 16 heavy (non-hydrogen) atoms. The molecule has 0 saturated carbocycles. The van der Waals surface area contributed by atoms with E-state index in [4.69, 9.17) is 0 Å². The average Bonchev–Trinajstić information content (AvgIpc) is 2.56. The first-order valence-corrected chi connectivity index (χ1v) is 5.03. The number of carbonyl (C=O) groups is 2. The molecule has 0 aromatic heterocycles. The van der Waals surface area contributed by atoms with Crippen LogP contribution in [-0.4, -0.2) is 18.0 Å². The van der Waals surface area contributed by atoms with E-state index in [1.807, 2.05) is 6.92 Å². The van der Waals surface area contributed by atoms with Gasteiger partial charge in [-0.1, -0.05) is 6.92 Å². The lowest BCUT2D eigenvalue weighted by atomic mass is 10.2. The van der Waals surface area contributed by atoms with Gasteiger partial charge in [-0.2, -0.15) is 0 Å². The molecule has 84 valence electrons. The number of carbonyl (C=O) groups excluding carboxylic acids is 2. The van der Waals surface area contributed by atoms with Gasteiger partial charge in [-0.15, -0.1) is 0 Å². The first-order chi connectivity index (χ1) is 7.63. The summed E-state index contributed by atoms with van der Waals surface area (Å²) in [6, 6.07) is 4.32. The first-order valence-electron chi connectivity index (χ1n) is 5.03. The minimum Gasteiger partial charge on any atom is -0.325 e. The normalized spacial score (nSPS) is 20.1. The van der Waals surface area contributed by atoms with Crippen molar-refractivity contribution in [2.75, 3.05) is 4.90 Å². The number of hydrogen-bond donors (Lipinski definition) is 1. The highest BCUT2D eigenvalue weighted by atomic mass is 19.1. The van der Waals surface area contributed by atoms with Gasteiger partial charge in [0.25, 0.3) is 5.91 Å². The summed E-state index contributed by atoms with van der Waals surface area (Å²) in [7, 11) is 0. The zero-order chi connectivity index (χ0) is 11.7. The molecular formula is C11H11FN2O2. The molecule has 1 aliphatic heterocycles. The smallest absolute Gasteiger partial charge is 0.325 e. The van der Waals surface area contributed by atoms with Gasteiger partial charge in [-0.25, -0.2) is 14.1 Å². The first kappa shape index (κ1) is 10.6. The van der Waals surface area contributed by atoms with E-state index in [0.717, 1.165) is 4.90 Å². The molecule has 1 aromatic rings. The summed E-state index contributed by atoms with van der Waals surface area (Å²) >= 11 is 0. The van der Waals surface area contributed by atoms with E-state index in [0.29, 0.717) is 12.1 Å². The molecule has 0 bridgehead atoms. The third kappa shape index (κ3) is 1.64. The molecule has 3 amide bonds. The molecule has 5 heteroatoms. The van der Waals surface area contributed by atoms with Crippen LogP contribution in [0.1, 0.15) is 13.3 Å². The van der Waals surface area contributed by atoms with Crippen molar-refractivity contribution < 1.29 is 14.0 Å². The second-order valence-corrected chi connectivity index (χ2v) is 3.56. The maximum Gasteiger partial charge on any atom is 0.329 e. The van der Waals surface area contributed by atoms with E-state index in [2.05, 4.69) is 5.32 Å².